The van der Waals surface area contributed by atoms with Crippen LogP contribution in [0.1, 0.15) is 60.0 Å². The summed E-state index contributed by atoms with van der Waals surface area (Å²) in [6.45, 7) is 3.43. The Bertz CT molecular complexity index is 1310. The van der Waals surface area contributed by atoms with Gasteiger partial charge in [-0.15, -0.1) is 22.7 Å². The standard InChI is InChI=1S/C23H26N4O6S2/c1-3-32-17(29)9-14-11-34-23(25-14)26-16(28)10-27-12-24-20-18(21(27)30)13(2)19(35-20)22(31)33-15-7-5-4-6-8-15/h11-12,15H,3-10H2,1-2H3,(H,25,26,28). The molecule has 1 amide bonds. The number of ether oxygens (including phenoxy) is 2. The molecule has 1 fully saturated rings. The molecule has 1 aliphatic rings. The van der Waals surface area contributed by atoms with Gasteiger partial charge in [-0.25, -0.2) is 14.8 Å². The lowest BCUT2D eigenvalue weighted by Gasteiger charge is -2.21. The summed E-state index contributed by atoms with van der Waals surface area (Å²) in [5, 5.41) is 4.92. The van der Waals surface area contributed by atoms with Crippen molar-refractivity contribution < 1.29 is 23.9 Å². The Labute approximate surface area is 209 Å². The van der Waals surface area contributed by atoms with E-state index in [-0.39, 0.29) is 25.7 Å². The average molecular weight is 519 g/mol. The van der Waals surface area contributed by atoms with Gasteiger partial charge in [0.05, 0.1) is 30.4 Å². The van der Waals surface area contributed by atoms with Gasteiger partial charge < -0.3 is 14.8 Å². The van der Waals surface area contributed by atoms with Gasteiger partial charge in [-0.2, -0.15) is 0 Å². The van der Waals surface area contributed by atoms with Gasteiger partial charge in [-0.1, -0.05) is 6.42 Å². The molecule has 0 atom stereocenters. The van der Waals surface area contributed by atoms with Gasteiger partial charge in [0, 0.05) is 5.38 Å². The number of nitrogens with one attached hydrogen (secondary N) is 1. The van der Waals surface area contributed by atoms with Crippen LogP contribution < -0.4 is 10.9 Å². The monoisotopic (exact) mass is 518 g/mol. The van der Waals surface area contributed by atoms with Crippen LogP contribution in [0.3, 0.4) is 0 Å². The van der Waals surface area contributed by atoms with Gasteiger partial charge in [0.2, 0.25) is 5.91 Å². The van der Waals surface area contributed by atoms with Crippen molar-refractivity contribution in [3.8, 4) is 0 Å². The lowest BCUT2D eigenvalue weighted by Crippen LogP contribution is -2.28. The van der Waals surface area contributed by atoms with Crippen LogP contribution in [-0.2, 0) is 32.0 Å². The molecule has 0 radical (unpaired) electrons. The van der Waals surface area contributed by atoms with Crippen molar-refractivity contribution >= 4 is 55.9 Å². The summed E-state index contributed by atoms with van der Waals surface area (Å²) < 4.78 is 11.8. The number of aryl methyl sites for hydroxylation is 1. The molecule has 10 nitrogen and oxygen atoms in total. The highest BCUT2D eigenvalue weighted by Crippen LogP contribution is 2.29. The molecule has 1 aliphatic carbocycles. The summed E-state index contributed by atoms with van der Waals surface area (Å²) in [4.78, 5) is 59.2. The molecule has 0 aromatic carbocycles. The molecule has 1 saturated carbocycles. The Balaban J connectivity index is 1.45. The number of hydrogen-bond acceptors (Lipinski definition) is 10. The smallest absolute Gasteiger partial charge is 0.348 e. The fourth-order valence-electron chi connectivity index (χ4n) is 3.97. The highest BCUT2D eigenvalue weighted by molar-refractivity contribution is 7.20. The zero-order chi connectivity index (χ0) is 24.9. The first-order valence-electron chi connectivity index (χ1n) is 11.4. The molecule has 0 unspecified atom stereocenters. The number of amides is 1. The van der Waals surface area contributed by atoms with Crippen LogP contribution in [0.2, 0.25) is 0 Å². The van der Waals surface area contributed by atoms with Crippen LogP contribution in [0.15, 0.2) is 16.5 Å². The van der Waals surface area contributed by atoms with Crippen LogP contribution in [-0.4, -0.2) is 45.1 Å². The van der Waals surface area contributed by atoms with E-state index in [1.807, 2.05) is 0 Å². The van der Waals surface area contributed by atoms with E-state index in [1.165, 1.54) is 22.2 Å². The minimum Gasteiger partial charge on any atom is -0.466 e. The first-order chi connectivity index (χ1) is 16.9. The Morgan fingerprint density at radius 1 is 1.23 bits per heavy atom. The molecule has 0 aliphatic heterocycles. The highest BCUT2D eigenvalue weighted by Gasteiger charge is 2.24. The number of carbonyl (C=O) groups excluding carboxylic acids is 3. The Morgan fingerprint density at radius 3 is 2.74 bits per heavy atom. The second-order valence-electron chi connectivity index (χ2n) is 8.25. The number of anilines is 1. The maximum Gasteiger partial charge on any atom is 0.348 e. The topological polar surface area (TPSA) is 129 Å². The number of esters is 2. The number of carbonyl (C=O) groups is 3. The van der Waals surface area contributed by atoms with Crippen molar-refractivity contribution in [3.63, 3.8) is 0 Å². The number of rotatable bonds is 8. The second-order valence-corrected chi connectivity index (χ2v) is 10.1. The second kappa shape index (κ2) is 11.1. The zero-order valence-electron chi connectivity index (χ0n) is 19.5. The molecule has 4 rings (SSSR count). The predicted octanol–water partition coefficient (Wildman–Crippen LogP) is 3.46. The van der Waals surface area contributed by atoms with Crippen molar-refractivity contribution in [2.75, 3.05) is 11.9 Å². The van der Waals surface area contributed by atoms with E-state index >= 15 is 0 Å². The fourth-order valence-corrected chi connectivity index (χ4v) is 5.72. The lowest BCUT2D eigenvalue weighted by atomic mass is 9.98. The molecule has 0 spiro atoms. The molecule has 0 saturated heterocycles. The van der Waals surface area contributed by atoms with Gasteiger partial charge in [0.25, 0.3) is 5.56 Å². The van der Waals surface area contributed by atoms with E-state index in [1.54, 1.807) is 19.2 Å². The third-order valence-electron chi connectivity index (χ3n) is 5.67. The largest absolute Gasteiger partial charge is 0.466 e. The van der Waals surface area contributed by atoms with E-state index in [0.29, 0.717) is 31.5 Å². The summed E-state index contributed by atoms with van der Waals surface area (Å²) in [7, 11) is 0. The summed E-state index contributed by atoms with van der Waals surface area (Å²) in [6.07, 6.45) is 6.20. The van der Waals surface area contributed by atoms with Crippen molar-refractivity contribution in [3.05, 3.63) is 38.2 Å². The SMILES string of the molecule is CCOC(=O)Cc1csc(NC(=O)Cn2cnc3sc(C(=O)OC4CCCCC4)c(C)c3c2=O)n1. The zero-order valence-corrected chi connectivity index (χ0v) is 21.1. The summed E-state index contributed by atoms with van der Waals surface area (Å²) in [5.41, 5.74) is 0.602. The number of hydrogen-bond donors (Lipinski definition) is 1. The van der Waals surface area contributed by atoms with Crippen LogP contribution in [0.25, 0.3) is 10.2 Å². The van der Waals surface area contributed by atoms with Crippen molar-refractivity contribution in [1.82, 2.24) is 14.5 Å². The Hall–Kier alpha value is -3.12. The van der Waals surface area contributed by atoms with Crippen LogP contribution in [0.4, 0.5) is 5.13 Å². The van der Waals surface area contributed by atoms with Crippen molar-refractivity contribution in [2.24, 2.45) is 0 Å². The number of nitrogens with zero attached hydrogens (tertiary/aromatic N) is 3. The van der Waals surface area contributed by atoms with E-state index in [9.17, 15) is 19.2 Å². The van der Waals surface area contributed by atoms with Crippen molar-refractivity contribution in [1.29, 1.82) is 0 Å². The molecule has 35 heavy (non-hydrogen) atoms. The van der Waals surface area contributed by atoms with Crippen LogP contribution in [0.5, 0.6) is 0 Å². The van der Waals surface area contributed by atoms with Crippen molar-refractivity contribution in [2.45, 2.75) is 65.0 Å². The van der Waals surface area contributed by atoms with E-state index in [4.69, 9.17) is 9.47 Å². The Morgan fingerprint density at radius 2 is 2.00 bits per heavy atom. The van der Waals surface area contributed by atoms with Gasteiger partial charge in [-0.3, -0.25) is 19.0 Å². The molecule has 1 N–H and O–H groups in total. The average Bonchev–Trinajstić information content (AvgIpc) is 3.40. The first-order valence-corrected chi connectivity index (χ1v) is 13.1. The lowest BCUT2D eigenvalue weighted by molar-refractivity contribution is -0.142. The minimum atomic E-state index is -0.463. The molecule has 186 valence electrons. The third kappa shape index (κ3) is 5.93. The van der Waals surface area contributed by atoms with Crippen LogP contribution in [0, 0.1) is 6.92 Å². The molecule has 3 heterocycles. The van der Waals surface area contributed by atoms with Gasteiger partial charge >= 0.3 is 11.9 Å². The van der Waals surface area contributed by atoms with E-state index in [2.05, 4.69) is 15.3 Å². The minimum absolute atomic E-state index is 0.0171. The number of thiophene rings is 1. The molecular weight excluding hydrogens is 492 g/mol. The maximum atomic E-state index is 13.1. The molecule has 3 aromatic rings. The first kappa shape index (κ1) is 25.0. The molecule has 0 bridgehead atoms. The highest BCUT2D eigenvalue weighted by atomic mass is 32.1. The van der Waals surface area contributed by atoms with Crippen LogP contribution >= 0.6 is 22.7 Å². The number of fused-ring (bicyclic) bond motifs is 1. The maximum absolute atomic E-state index is 13.1. The summed E-state index contributed by atoms with van der Waals surface area (Å²) in [6, 6.07) is 0. The fraction of sp³-hybridized carbons (Fsp3) is 0.478. The molecular formula is C23H26N4O6S2. The Kier molecular flexibility index (Phi) is 7.91. The normalized spacial score (nSPS) is 14.1. The number of thiazole rings is 1. The van der Waals surface area contributed by atoms with Gasteiger partial charge in [0.15, 0.2) is 5.13 Å². The summed E-state index contributed by atoms with van der Waals surface area (Å²) >= 11 is 2.31. The van der Waals surface area contributed by atoms with E-state index in [0.717, 1.165) is 43.4 Å². The summed E-state index contributed by atoms with van der Waals surface area (Å²) in [5.74, 6) is -1.28. The molecule has 3 aromatic heterocycles. The van der Waals surface area contributed by atoms with Gasteiger partial charge in [-0.05, 0) is 45.1 Å². The third-order valence-corrected chi connectivity index (χ3v) is 7.66. The predicted molar refractivity (Wildman–Crippen MR) is 132 cm³/mol. The number of aromatic nitrogens is 3. The molecule has 12 heteroatoms. The van der Waals surface area contributed by atoms with Gasteiger partial charge in [0.1, 0.15) is 22.4 Å². The quantitative estimate of drug-likeness (QED) is 0.449. The van der Waals surface area contributed by atoms with E-state index < -0.39 is 23.4 Å².